The molecule has 0 spiro atoms. The maximum atomic E-state index is 5.35. The Labute approximate surface area is 156 Å². The second-order valence-corrected chi connectivity index (χ2v) is 7.26. The maximum Gasteiger partial charge on any atom is 0.191 e. The zero-order valence-electron chi connectivity index (χ0n) is 16.6. The van der Waals surface area contributed by atoms with Crippen molar-refractivity contribution in [2.45, 2.75) is 45.6 Å². The van der Waals surface area contributed by atoms with Crippen molar-refractivity contribution in [3.63, 3.8) is 0 Å². The second kappa shape index (κ2) is 8.74. The van der Waals surface area contributed by atoms with Crippen molar-refractivity contribution in [1.29, 1.82) is 0 Å². The van der Waals surface area contributed by atoms with Crippen molar-refractivity contribution >= 4 is 5.96 Å². The Morgan fingerprint density at radius 1 is 1.23 bits per heavy atom. The number of guanidine groups is 1. The number of nitrogens with one attached hydrogen (secondary N) is 2. The molecule has 0 amide bonds. The van der Waals surface area contributed by atoms with Gasteiger partial charge in [-0.3, -0.25) is 4.99 Å². The van der Waals surface area contributed by atoms with Crippen LogP contribution in [0.2, 0.25) is 0 Å². The molecule has 2 aromatic rings. The molecule has 0 fully saturated rings. The first-order valence-electron chi connectivity index (χ1n) is 8.90. The lowest BCUT2D eigenvalue weighted by Crippen LogP contribution is -2.43. The minimum Gasteiger partial charge on any atom is -0.497 e. The van der Waals surface area contributed by atoms with E-state index in [0.717, 1.165) is 29.7 Å². The lowest BCUT2D eigenvalue weighted by atomic mass is 9.84. The van der Waals surface area contributed by atoms with E-state index in [-0.39, 0.29) is 5.41 Å². The molecule has 1 heterocycles. The molecule has 0 radical (unpaired) electrons. The molecule has 0 saturated carbocycles. The molecule has 26 heavy (non-hydrogen) atoms. The Hall–Kier alpha value is -2.50. The highest BCUT2D eigenvalue weighted by Crippen LogP contribution is 2.24. The van der Waals surface area contributed by atoms with E-state index in [9.17, 15) is 0 Å². The van der Waals surface area contributed by atoms with Gasteiger partial charge in [-0.05, 0) is 23.6 Å². The van der Waals surface area contributed by atoms with Gasteiger partial charge in [-0.1, -0.05) is 45.0 Å². The summed E-state index contributed by atoms with van der Waals surface area (Å²) in [6, 6.07) is 10.1. The minimum absolute atomic E-state index is 0.0546. The van der Waals surface area contributed by atoms with Crippen LogP contribution < -0.4 is 15.4 Å². The average Bonchev–Trinajstić information content (AvgIpc) is 3.11. The Bertz CT molecular complexity index is 718. The first kappa shape index (κ1) is 19.8. The molecule has 6 nitrogen and oxygen atoms in total. The standard InChI is InChI=1S/C20H30N4O2/c1-14(2)18-11-17(26-24-18)12-22-19(21-5)23-13-20(3,4)15-7-9-16(25-6)10-8-15/h7-11,14H,12-13H2,1-6H3,(H2,21,22,23). The summed E-state index contributed by atoms with van der Waals surface area (Å²) in [5, 5.41) is 10.7. The summed E-state index contributed by atoms with van der Waals surface area (Å²) in [7, 11) is 3.44. The van der Waals surface area contributed by atoms with Gasteiger partial charge in [-0.25, -0.2) is 0 Å². The Kier molecular flexibility index (Phi) is 6.66. The zero-order valence-corrected chi connectivity index (χ0v) is 16.6. The molecule has 0 unspecified atom stereocenters. The number of aliphatic imine (C=N–C) groups is 1. The summed E-state index contributed by atoms with van der Waals surface area (Å²) >= 11 is 0. The highest BCUT2D eigenvalue weighted by atomic mass is 16.5. The predicted octanol–water partition coefficient (Wildman–Crippen LogP) is 3.45. The number of rotatable bonds is 7. The molecular formula is C20H30N4O2. The number of nitrogens with zero attached hydrogens (tertiary/aromatic N) is 2. The van der Waals surface area contributed by atoms with Gasteiger partial charge in [-0.15, -0.1) is 0 Å². The van der Waals surface area contributed by atoms with E-state index < -0.39 is 0 Å². The van der Waals surface area contributed by atoms with Gasteiger partial charge in [0.25, 0.3) is 0 Å². The van der Waals surface area contributed by atoms with E-state index in [4.69, 9.17) is 9.26 Å². The van der Waals surface area contributed by atoms with Gasteiger partial charge < -0.3 is 19.9 Å². The quantitative estimate of drug-likeness (QED) is 0.586. The van der Waals surface area contributed by atoms with E-state index >= 15 is 0 Å². The van der Waals surface area contributed by atoms with Crippen LogP contribution in [-0.2, 0) is 12.0 Å². The summed E-state index contributed by atoms with van der Waals surface area (Å²) in [6.45, 7) is 9.86. The van der Waals surface area contributed by atoms with Crippen LogP contribution in [0.5, 0.6) is 5.75 Å². The van der Waals surface area contributed by atoms with Crippen LogP contribution >= 0.6 is 0 Å². The van der Waals surface area contributed by atoms with Gasteiger partial charge in [0.1, 0.15) is 5.75 Å². The molecule has 0 bridgehead atoms. The lowest BCUT2D eigenvalue weighted by Gasteiger charge is -2.27. The minimum atomic E-state index is -0.0546. The van der Waals surface area contributed by atoms with Gasteiger partial charge in [0.15, 0.2) is 11.7 Å². The van der Waals surface area contributed by atoms with Crippen LogP contribution in [0.4, 0.5) is 0 Å². The first-order chi connectivity index (χ1) is 12.4. The fourth-order valence-corrected chi connectivity index (χ4v) is 2.52. The van der Waals surface area contributed by atoms with E-state index in [2.05, 4.69) is 60.6 Å². The highest BCUT2D eigenvalue weighted by Gasteiger charge is 2.21. The normalized spacial score (nSPS) is 12.3. The third-order valence-corrected chi connectivity index (χ3v) is 4.39. The Morgan fingerprint density at radius 2 is 1.92 bits per heavy atom. The fraction of sp³-hybridized carbons (Fsp3) is 0.500. The van der Waals surface area contributed by atoms with E-state index in [0.29, 0.717) is 12.5 Å². The topological polar surface area (TPSA) is 71.7 Å². The smallest absolute Gasteiger partial charge is 0.191 e. The molecule has 6 heteroatoms. The van der Waals surface area contributed by atoms with Crippen molar-refractivity contribution < 1.29 is 9.26 Å². The third kappa shape index (κ3) is 5.25. The van der Waals surface area contributed by atoms with E-state index in [1.165, 1.54) is 5.56 Å². The summed E-state index contributed by atoms with van der Waals surface area (Å²) in [5.41, 5.74) is 2.14. The Balaban J connectivity index is 1.90. The van der Waals surface area contributed by atoms with Crippen LogP contribution in [0.15, 0.2) is 39.8 Å². The molecule has 0 saturated heterocycles. The summed E-state index contributed by atoms with van der Waals surface area (Å²) in [6.07, 6.45) is 0. The summed E-state index contributed by atoms with van der Waals surface area (Å²) in [4.78, 5) is 4.28. The van der Waals surface area contributed by atoms with Crippen molar-refractivity contribution in [3.05, 3.63) is 47.3 Å². The molecular weight excluding hydrogens is 328 g/mol. The van der Waals surface area contributed by atoms with Crippen LogP contribution in [0.25, 0.3) is 0 Å². The number of benzene rings is 1. The van der Waals surface area contributed by atoms with E-state index in [1.807, 2.05) is 18.2 Å². The molecule has 0 aliphatic heterocycles. The van der Waals surface area contributed by atoms with Gasteiger partial charge in [0, 0.05) is 25.1 Å². The van der Waals surface area contributed by atoms with Crippen molar-refractivity contribution in [2.24, 2.45) is 4.99 Å². The number of aromatic nitrogens is 1. The third-order valence-electron chi connectivity index (χ3n) is 4.39. The average molecular weight is 358 g/mol. The van der Waals surface area contributed by atoms with Crippen molar-refractivity contribution in [2.75, 3.05) is 20.7 Å². The van der Waals surface area contributed by atoms with Crippen molar-refractivity contribution in [1.82, 2.24) is 15.8 Å². The number of hydrogen-bond acceptors (Lipinski definition) is 4. The monoisotopic (exact) mass is 358 g/mol. The summed E-state index contributed by atoms with van der Waals surface area (Å²) < 4.78 is 10.6. The number of ether oxygens (including phenoxy) is 1. The highest BCUT2D eigenvalue weighted by molar-refractivity contribution is 5.79. The van der Waals surface area contributed by atoms with Crippen LogP contribution in [-0.4, -0.2) is 31.8 Å². The number of methoxy groups -OCH3 is 1. The maximum absolute atomic E-state index is 5.35. The van der Waals surface area contributed by atoms with Crippen LogP contribution in [0, 0.1) is 0 Å². The predicted molar refractivity (Wildman–Crippen MR) is 105 cm³/mol. The van der Waals surface area contributed by atoms with Crippen LogP contribution in [0.1, 0.15) is 50.6 Å². The fourth-order valence-electron chi connectivity index (χ4n) is 2.52. The molecule has 1 aromatic carbocycles. The van der Waals surface area contributed by atoms with Gasteiger partial charge in [-0.2, -0.15) is 0 Å². The second-order valence-electron chi connectivity index (χ2n) is 7.26. The SMILES string of the molecule is CN=C(NCc1cc(C(C)C)no1)NCC(C)(C)c1ccc(OC)cc1. The molecule has 0 aliphatic carbocycles. The van der Waals surface area contributed by atoms with E-state index in [1.54, 1.807) is 14.2 Å². The van der Waals surface area contributed by atoms with Crippen molar-refractivity contribution in [3.8, 4) is 5.75 Å². The zero-order chi connectivity index (χ0) is 19.2. The molecule has 142 valence electrons. The van der Waals surface area contributed by atoms with Crippen LogP contribution in [0.3, 0.4) is 0 Å². The first-order valence-corrected chi connectivity index (χ1v) is 8.90. The lowest BCUT2D eigenvalue weighted by molar-refractivity contribution is 0.371. The number of hydrogen-bond donors (Lipinski definition) is 2. The largest absolute Gasteiger partial charge is 0.497 e. The summed E-state index contributed by atoms with van der Waals surface area (Å²) in [5.74, 6) is 2.75. The van der Waals surface area contributed by atoms with Gasteiger partial charge in [0.05, 0.1) is 19.3 Å². The molecule has 0 atom stereocenters. The van der Waals surface area contributed by atoms with Gasteiger partial charge >= 0.3 is 0 Å². The van der Waals surface area contributed by atoms with Gasteiger partial charge in [0.2, 0.25) is 0 Å². The molecule has 2 N–H and O–H groups in total. The molecule has 2 rings (SSSR count). The Morgan fingerprint density at radius 3 is 2.46 bits per heavy atom. The molecule has 0 aliphatic rings. The molecule has 1 aromatic heterocycles.